The fraction of sp³-hybridized carbons (Fsp3) is 0.526. The average molecular weight is 405 g/mol. The Kier molecular flexibility index (Phi) is 5.36. The number of ether oxygens (including phenoxy) is 1. The van der Waals surface area contributed by atoms with Gasteiger partial charge in [0.05, 0.1) is 5.56 Å². The molecule has 3 heterocycles. The molecule has 2 atom stereocenters. The molecule has 2 fully saturated rings. The Morgan fingerprint density at radius 2 is 2.14 bits per heavy atom. The quantitative estimate of drug-likeness (QED) is 0.761. The molecule has 8 nitrogen and oxygen atoms in total. The van der Waals surface area contributed by atoms with E-state index in [4.69, 9.17) is 9.26 Å². The Hall–Kier alpha value is -2.39. The summed E-state index contributed by atoms with van der Waals surface area (Å²) in [6.45, 7) is 3.73. The molecule has 0 spiro atoms. The third kappa shape index (κ3) is 4.20. The summed E-state index contributed by atoms with van der Waals surface area (Å²) in [7, 11) is 0. The minimum atomic E-state index is -0.866. The normalized spacial score (nSPS) is 22.0. The Bertz CT molecular complexity index is 857. The van der Waals surface area contributed by atoms with Gasteiger partial charge in [-0.05, 0) is 38.2 Å². The predicted molar refractivity (Wildman–Crippen MR) is 103 cm³/mol. The fourth-order valence-electron chi connectivity index (χ4n) is 3.67. The molecule has 0 radical (unpaired) electrons. The number of anilines is 1. The van der Waals surface area contributed by atoms with E-state index in [2.05, 4.69) is 10.5 Å². The van der Waals surface area contributed by atoms with Gasteiger partial charge in [-0.2, -0.15) is 0 Å². The first kappa shape index (κ1) is 18.9. The Balaban J connectivity index is 1.37. The number of hydrogen-bond acceptors (Lipinski definition) is 6. The van der Waals surface area contributed by atoms with E-state index in [-0.39, 0.29) is 17.9 Å². The zero-order valence-electron chi connectivity index (χ0n) is 15.6. The van der Waals surface area contributed by atoms with Gasteiger partial charge >= 0.3 is 6.09 Å². The molecule has 28 heavy (non-hydrogen) atoms. The van der Waals surface area contributed by atoms with Crippen LogP contribution >= 0.6 is 11.3 Å². The largest absolute Gasteiger partial charge is 0.465 e. The average Bonchev–Trinajstić information content (AvgIpc) is 3.09. The molecule has 2 aliphatic rings. The second kappa shape index (κ2) is 7.92. The molecule has 9 heteroatoms. The molecule has 0 bridgehead atoms. The van der Waals surface area contributed by atoms with E-state index in [0.717, 1.165) is 24.1 Å². The number of amides is 2. The Morgan fingerprint density at radius 3 is 2.82 bits per heavy atom. The van der Waals surface area contributed by atoms with Crippen LogP contribution in [0.4, 0.5) is 10.6 Å². The van der Waals surface area contributed by atoms with Crippen LogP contribution in [0.1, 0.15) is 46.2 Å². The minimum Gasteiger partial charge on any atom is -0.465 e. The maximum atomic E-state index is 12.4. The van der Waals surface area contributed by atoms with Gasteiger partial charge in [0.1, 0.15) is 5.76 Å². The van der Waals surface area contributed by atoms with Crippen LogP contribution in [0, 0.1) is 12.8 Å². The maximum Gasteiger partial charge on any atom is 0.407 e. The topological polar surface area (TPSA) is 105 Å². The molecule has 0 aromatic carbocycles. The van der Waals surface area contributed by atoms with Crippen LogP contribution < -0.4 is 5.32 Å². The summed E-state index contributed by atoms with van der Waals surface area (Å²) in [5.74, 6) is 1.29. The number of hydrogen-bond donors (Lipinski definition) is 2. The van der Waals surface area contributed by atoms with Crippen molar-refractivity contribution >= 4 is 29.2 Å². The number of carbonyl (C=O) groups is 2. The van der Waals surface area contributed by atoms with Gasteiger partial charge < -0.3 is 24.6 Å². The van der Waals surface area contributed by atoms with Crippen molar-refractivity contribution in [3.8, 4) is 0 Å². The minimum absolute atomic E-state index is 0.00639. The van der Waals surface area contributed by atoms with Crippen molar-refractivity contribution in [2.24, 2.45) is 5.92 Å². The SMILES string of the molecule is Cc1cc(NC(=O)c2csc([C@@H]3C[C@H]3N(CC3CCOCC3)C(=O)O)c2)no1. The number of thiophene rings is 1. The van der Waals surface area contributed by atoms with E-state index in [1.807, 2.05) is 6.07 Å². The summed E-state index contributed by atoms with van der Waals surface area (Å²) in [5, 5.41) is 17.9. The van der Waals surface area contributed by atoms with Gasteiger partial charge in [0, 0.05) is 48.0 Å². The van der Waals surface area contributed by atoms with Gasteiger partial charge in [0.25, 0.3) is 5.91 Å². The molecule has 2 N–H and O–H groups in total. The lowest BCUT2D eigenvalue weighted by Gasteiger charge is -2.28. The van der Waals surface area contributed by atoms with E-state index in [9.17, 15) is 14.7 Å². The van der Waals surface area contributed by atoms with Gasteiger partial charge in [0.15, 0.2) is 5.82 Å². The highest BCUT2D eigenvalue weighted by Crippen LogP contribution is 2.47. The van der Waals surface area contributed by atoms with E-state index >= 15 is 0 Å². The highest BCUT2D eigenvalue weighted by atomic mass is 32.1. The van der Waals surface area contributed by atoms with Crippen LogP contribution in [-0.4, -0.2) is 53.0 Å². The van der Waals surface area contributed by atoms with Gasteiger partial charge in [-0.3, -0.25) is 4.79 Å². The van der Waals surface area contributed by atoms with Crippen LogP contribution in [0.25, 0.3) is 0 Å². The number of aromatic nitrogens is 1. The highest BCUT2D eigenvalue weighted by Gasteiger charge is 2.46. The molecule has 2 aromatic heterocycles. The van der Waals surface area contributed by atoms with Crippen LogP contribution in [0.3, 0.4) is 0 Å². The number of carboxylic acid groups (broad SMARTS) is 1. The second-order valence-corrected chi connectivity index (χ2v) is 8.36. The number of rotatable bonds is 6. The molecule has 1 saturated heterocycles. The Labute approximate surface area is 166 Å². The van der Waals surface area contributed by atoms with Gasteiger partial charge in [-0.25, -0.2) is 4.79 Å². The summed E-state index contributed by atoms with van der Waals surface area (Å²) in [6.07, 6.45) is 1.76. The summed E-state index contributed by atoms with van der Waals surface area (Å²) in [6, 6.07) is 3.50. The van der Waals surface area contributed by atoms with Crippen molar-refractivity contribution in [1.29, 1.82) is 0 Å². The molecule has 2 aromatic rings. The van der Waals surface area contributed by atoms with E-state index < -0.39 is 6.09 Å². The van der Waals surface area contributed by atoms with Gasteiger partial charge in [-0.15, -0.1) is 11.3 Å². The number of carbonyl (C=O) groups excluding carboxylic acids is 1. The third-order valence-electron chi connectivity index (χ3n) is 5.32. The van der Waals surface area contributed by atoms with Crippen molar-refractivity contribution in [1.82, 2.24) is 10.1 Å². The first-order chi connectivity index (χ1) is 13.5. The zero-order chi connectivity index (χ0) is 19.7. The summed E-state index contributed by atoms with van der Waals surface area (Å²) in [4.78, 5) is 26.8. The molecule has 150 valence electrons. The van der Waals surface area contributed by atoms with E-state index in [1.165, 1.54) is 11.3 Å². The molecule has 1 aliphatic heterocycles. The molecule has 2 amide bonds. The maximum absolute atomic E-state index is 12.4. The Morgan fingerprint density at radius 1 is 1.36 bits per heavy atom. The predicted octanol–water partition coefficient (Wildman–Crippen LogP) is 3.56. The van der Waals surface area contributed by atoms with Gasteiger partial charge in [-0.1, -0.05) is 5.16 Å². The molecular weight excluding hydrogens is 382 g/mol. The zero-order valence-corrected chi connectivity index (χ0v) is 16.4. The number of nitrogens with one attached hydrogen (secondary N) is 1. The standard InChI is InChI=1S/C19H23N3O5S/c1-11-6-17(21-27-11)20-18(23)13-7-16(28-10-13)14-8-15(14)22(19(24)25)9-12-2-4-26-5-3-12/h6-7,10,12,14-15H,2-5,8-9H2,1H3,(H,24,25)(H,20,21,23)/t14-,15-/m1/s1. The monoisotopic (exact) mass is 405 g/mol. The summed E-state index contributed by atoms with van der Waals surface area (Å²) >= 11 is 1.50. The third-order valence-corrected chi connectivity index (χ3v) is 6.38. The molecule has 1 saturated carbocycles. The molecule has 4 rings (SSSR count). The van der Waals surface area contributed by atoms with Crippen LogP contribution in [-0.2, 0) is 4.74 Å². The van der Waals surface area contributed by atoms with Crippen molar-refractivity contribution in [2.75, 3.05) is 25.1 Å². The summed E-state index contributed by atoms with van der Waals surface area (Å²) in [5.41, 5.74) is 0.553. The first-order valence-electron chi connectivity index (χ1n) is 9.41. The van der Waals surface area contributed by atoms with Gasteiger partial charge in [0.2, 0.25) is 0 Å². The van der Waals surface area contributed by atoms with E-state index in [1.54, 1.807) is 23.3 Å². The molecule has 0 unspecified atom stereocenters. The van der Waals surface area contributed by atoms with Crippen molar-refractivity contribution < 1.29 is 24.0 Å². The highest BCUT2D eigenvalue weighted by molar-refractivity contribution is 7.10. The summed E-state index contributed by atoms with van der Waals surface area (Å²) < 4.78 is 10.3. The first-order valence-corrected chi connectivity index (χ1v) is 10.3. The number of nitrogens with zero attached hydrogens (tertiary/aromatic N) is 2. The fourth-order valence-corrected chi connectivity index (χ4v) is 4.74. The van der Waals surface area contributed by atoms with Crippen LogP contribution in [0.2, 0.25) is 0 Å². The smallest absolute Gasteiger partial charge is 0.407 e. The lowest BCUT2D eigenvalue weighted by molar-refractivity contribution is 0.0506. The second-order valence-electron chi connectivity index (χ2n) is 7.41. The van der Waals surface area contributed by atoms with Crippen LogP contribution in [0.15, 0.2) is 22.0 Å². The molecule has 1 aliphatic carbocycles. The lowest BCUT2D eigenvalue weighted by Crippen LogP contribution is -2.38. The van der Waals surface area contributed by atoms with Crippen LogP contribution in [0.5, 0.6) is 0 Å². The lowest BCUT2D eigenvalue weighted by atomic mass is 10.00. The van der Waals surface area contributed by atoms with Crippen molar-refractivity contribution in [3.63, 3.8) is 0 Å². The van der Waals surface area contributed by atoms with Crippen molar-refractivity contribution in [2.45, 2.75) is 38.1 Å². The number of aryl methyl sites for hydroxylation is 1. The van der Waals surface area contributed by atoms with Crippen molar-refractivity contribution in [3.05, 3.63) is 33.7 Å². The van der Waals surface area contributed by atoms with E-state index in [0.29, 0.717) is 42.8 Å². The molecular formula is C19H23N3O5S.